The van der Waals surface area contributed by atoms with Crippen LogP contribution in [0.1, 0.15) is 16.7 Å². The van der Waals surface area contributed by atoms with E-state index in [9.17, 15) is 0 Å². The van der Waals surface area contributed by atoms with Crippen LogP contribution >= 0.6 is 15.9 Å². The van der Waals surface area contributed by atoms with Crippen molar-refractivity contribution in [3.63, 3.8) is 0 Å². The molecule has 2 N–H and O–H groups in total. The summed E-state index contributed by atoms with van der Waals surface area (Å²) in [4.78, 5) is 6.39. The Kier molecular flexibility index (Phi) is 4.26. The average molecular weight is 331 g/mol. The molecule has 0 amide bonds. The van der Waals surface area contributed by atoms with E-state index in [0.717, 1.165) is 21.4 Å². The van der Waals surface area contributed by atoms with Gasteiger partial charge >= 0.3 is 0 Å². The number of anilines is 2. The summed E-state index contributed by atoms with van der Waals surface area (Å²) in [5.41, 5.74) is 9.21. The fraction of sp³-hybridized carbons (Fsp3) is 0.200. The van der Waals surface area contributed by atoms with Gasteiger partial charge in [0.15, 0.2) is 0 Å². The summed E-state index contributed by atoms with van der Waals surface area (Å²) in [6, 6.07) is 9.71. The molecule has 0 saturated carbocycles. The first-order chi connectivity index (χ1) is 9.52. The van der Waals surface area contributed by atoms with E-state index < -0.39 is 0 Å². The number of hydrogen-bond acceptors (Lipinski definition) is 4. The predicted octanol–water partition coefficient (Wildman–Crippen LogP) is 3.24. The molecule has 0 aliphatic heterocycles. The topological polar surface area (TPSA) is 65.9 Å². The summed E-state index contributed by atoms with van der Waals surface area (Å²) in [7, 11) is 1.96. The number of nitriles is 1. The SMILES string of the molecule is Cc1c(N)cnc(N(C)Cc2cccc(C#N)c2)c1Br. The van der Waals surface area contributed by atoms with Crippen LogP contribution in [0.3, 0.4) is 0 Å². The van der Waals surface area contributed by atoms with Crippen LogP contribution < -0.4 is 10.6 Å². The van der Waals surface area contributed by atoms with Crippen molar-refractivity contribution in [2.75, 3.05) is 17.7 Å². The standard InChI is InChI=1S/C15H15BrN4/c1-10-13(18)8-19-15(14(10)16)20(2)9-12-5-3-4-11(6-12)7-17/h3-6,8H,9,18H2,1-2H3. The zero-order valence-corrected chi connectivity index (χ0v) is 13.0. The Hall–Kier alpha value is -2.06. The number of nitrogens with zero attached hydrogens (tertiary/aromatic N) is 3. The summed E-state index contributed by atoms with van der Waals surface area (Å²) in [6.07, 6.45) is 1.66. The van der Waals surface area contributed by atoms with Gasteiger partial charge in [-0.3, -0.25) is 0 Å². The lowest BCUT2D eigenvalue weighted by molar-refractivity contribution is 0.892. The molecular weight excluding hydrogens is 316 g/mol. The van der Waals surface area contributed by atoms with Gasteiger partial charge in [0, 0.05) is 13.6 Å². The molecule has 0 aliphatic carbocycles. The number of hydrogen-bond donors (Lipinski definition) is 1. The Labute approximate surface area is 127 Å². The van der Waals surface area contributed by atoms with Crippen molar-refractivity contribution in [2.45, 2.75) is 13.5 Å². The van der Waals surface area contributed by atoms with Gasteiger partial charge in [-0.1, -0.05) is 12.1 Å². The van der Waals surface area contributed by atoms with Crippen LogP contribution in [0.25, 0.3) is 0 Å². The van der Waals surface area contributed by atoms with Gasteiger partial charge in [0.2, 0.25) is 0 Å². The monoisotopic (exact) mass is 330 g/mol. The molecule has 4 nitrogen and oxygen atoms in total. The first kappa shape index (κ1) is 14.4. The highest BCUT2D eigenvalue weighted by atomic mass is 79.9. The number of benzene rings is 1. The van der Waals surface area contributed by atoms with E-state index in [4.69, 9.17) is 11.0 Å². The van der Waals surface area contributed by atoms with Crippen molar-refractivity contribution in [1.82, 2.24) is 4.98 Å². The first-order valence-electron chi connectivity index (χ1n) is 6.13. The lowest BCUT2D eigenvalue weighted by Crippen LogP contribution is -2.18. The molecule has 1 aromatic heterocycles. The molecule has 1 heterocycles. The van der Waals surface area contributed by atoms with E-state index >= 15 is 0 Å². The van der Waals surface area contributed by atoms with Crippen LogP contribution in [0.2, 0.25) is 0 Å². The molecule has 0 atom stereocenters. The largest absolute Gasteiger partial charge is 0.397 e. The number of aromatic nitrogens is 1. The van der Waals surface area contributed by atoms with Crippen molar-refractivity contribution in [2.24, 2.45) is 0 Å². The third-order valence-electron chi connectivity index (χ3n) is 3.12. The number of nitrogens with two attached hydrogens (primary N) is 1. The third-order valence-corrected chi connectivity index (χ3v) is 4.07. The first-order valence-corrected chi connectivity index (χ1v) is 6.93. The molecule has 0 aliphatic rings. The Morgan fingerprint density at radius 2 is 2.20 bits per heavy atom. The van der Waals surface area contributed by atoms with Gasteiger partial charge in [0.25, 0.3) is 0 Å². The molecule has 0 fully saturated rings. The molecular formula is C15H15BrN4. The number of halogens is 1. The summed E-state index contributed by atoms with van der Waals surface area (Å²) >= 11 is 3.54. The molecule has 20 heavy (non-hydrogen) atoms. The fourth-order valence-corrected chi connectivity index (χ4v) is 2.57. The highest BCUT2D eigenvalue weighted by Gasteiger charge is 2.12. The van der Waals surface area contributed by atoms with Crippen LogP contribution in [0.5, 0.6) is 0 Å². The Morgan fingerprint density at radius 1 is 1.45 bits per heavy atom. The van der Waals surface area contributed by atoms with E-state index in [1.54, 1.807) is 12.3 Å². The minimum Gasteiger partial charge on any atom is -0.397 e. The van der Waals surface area contributed by atoms with Crippen molar-refractivity contribution in [3.05, 3.63) is 51.6 Å². The number of nitrogen functional groups attached to an aromatic ring is 1. The molecule has 0 unspecified atom stereocenters. The van der Waals surface area contributed by atoms with E-state index in [-0.39, 0.29) is 0 Å². The Morgan fingerprint density at radius 3 is 2.90 bits per heavy atom. The number of pyridine rings is 1. The summed E-state index contributed by atoms with van der Waals surface area (Å²) in [6.45, 7) is 2.62. The highest BCUT2D eigenvalue weighted by molar-refractivity contribution is 9.10. The average Bonchev–Trinajstić information content (AvgIpc) is 2.45. The third kappa shape index (κ3) is 2.91. The van der Waals surface area contributed by atoms with E-state index in [1.165, 1.54) is 0 Å². The smallest absolute Gasteiger partial charge is 0.143 e. The second kappa shape index (κ2) is 5.93. The molecule has 0 spiro atoms. The highest BCUT2D eigenvalue weighted by Crippen LogP contribution is 2.30. The molecule has 2 rings (SSSR count). The summed E-state index contributed by atoms with van der Waals surface area (Å²) in [5.74, 6) is 0.832. The minimum atomic E-state index is 0.663. The van der Waals surface area contributed by atoms with Crippen molar-refractivity contribution >= 4 is 27.4 Å². The van der Waals surface area contributed by atoms with Crippen LogP contribution in [0.15, 0.2) is 34.9 Å². The van der Waals surface area contributed by atoms with Crippen molar-refractivity contribution in [3.8, 4) is 6.07 Å². The summed E-state index contributed by atoms with van der Waals surface area (Å²) < 4.78 is 0.899. The number of rotatable bonds is 3. The Bertz CT molecular complexity index is 676. The zero-order valence-electron chi connectivity index (χ0n) is 11.4. The van der Waals surface area contributed by atoms with Crippen molar-refractivity contribution in [1.29, 1.82) is 5.26 Å². The van der Waals surface area contributed by atoms with Crippen LogP contribution in [0.4, 0.5) is 11.5 Å². The normalized spacial score (nSPS) is 10.1. The minimum absolute atomic E-state index is 0.663. The van der Waals surface area contributed by atoms with Crippen LogP contribution in [-0.2, 0) is 6.54 Å². The van der Waals surface area contributed by atoms with Gasteiger partial charge in [0.1, 0.15) is 5.82 Å². The molecule has 2 aromatic rings. The van der Waals surface area contributed by atoms with Gasteiger partial charge in [-0.15, -0.1) is 0 Å². The molecule has 0 saturated heterocycles. The maximum atomic E-state index is 8.93. The van der Waals surface area contributed by atoms with Gasteiger partial charge in [-0.05, 0) is 46.1 Å². The maximum absolute atomic E-state index is 8.93. The lowest BCUT2D eigenvalue weighted by atomic mass is 10.1. The van der Waals surface area contributed by atoms with Gasteiger partial charge in [-0.2, -0.15) is 5.26 Å². The van der Waals surface area contributed by atoms with Crippen LogP contribution in [0, 0.1) is 18.3 Å². The van der Waals surface area contributed by atoms with Gasteiger partial charge < -0.3 is 10.6 Å². The molecule has 102 valence electrons. The lowest BCUT2D eigenvalue weighted by Gasteiger charge is -2.21. The maximum Gasteiger partial charge on any atom is 0.143 e. The van der Waals surface area contributed by atoms with Gasteiger partial charge in [-0.25, -0.2) is 4.98 Å². The van der Waals surface area contributed by atoms with E-state index in [1.807, 2.05) is 37.1 Å². The molecule has 0 bridgehead atoms. The fourth-order valence-electron chi connectivity index (χ4n) is 1.93. The van der Waals surface area contributed by atoms with Gasteiger partial charge in [0.05, 0.1) is 28.0 Å². The Balaban J connectivity index is 2.26. The second-order valence-corrected chi connectivity index (χ2v) is 5.44. The second-order valence-electron chi connectivity index (χ2n) is 4.64. The predicted molar refractivity (Wildman–Crippen MR) is 84.4 cm³/mol. The molecule has 0 radical (unpaired) electrons. The molecule has 1 aromatic carbocycles. The zero-order chi connectivity index (χ0) is 14.7. The quantitative estimate of drug-likeness (QED) is 0.938. The van der Waals surface area contributed by atoms with Crippen molar-refractivity contribution < 1.29 is 0 Å². The van der Waals surface area contributed by atoms with E-state index in [2.05, 4.69) is 27.0 Å². The van der Waals surface area contributed by atoms with E-state index in [0.29, 0.717) is 17.8 Å². The summed E-state index contributed by atoms with van der Waals surface area (Å²) in [5, 5.41) is 8.93. The van der Waals surface area contributed by atoms with Crippen LogP contribution in [-0.4, -0.2) is 12.0 Å². The molecule has 5 heteroatoms.